The molecule has 75 heavy (non-hydrogen) atoms. The van der Waals surface area contributed by atoms with Crippen molar-refractivity contribution in [1.29, 1.82) is 0 Å². The SMILES string of the molecule is CC(C)(C)c1cc(C=N[C@@H]2CCCC[C@H]2N=Cc2cc(C(C)(C)c3cc(C=N[C@@H]4CCCC[C@H]4N=Cc4cc(C(C)(C)C)cc(C(C)(C)C)c4O)c(O)c(C(C)(C)C)c3)cc(C(C)(C)C)c2O)c(O)c(C(C)(C)C)c1. The molecule has 0 aromatic heterocycles. The third-order valence-electron chi connectivity index (χ3n) is 16.0. The van der Waals surface area contributed by atoms with E-state index in [1.807, 2.05) is 24.9 Å². The minimum atomic E-state index is -0.576. The highest BCUT2D eigenvalue weighted by atomic mass is 16.3. The molecule has 8 nitrogen and oxygen atoms in total. The molecule has 2 aliphatic rings. The summed E-state index contributed by atoms with van der Waals surface area (Å²) in [6.45, 7) is 43.2. The summed E-state index contributed by atoms with van der Waals surface area (Å²) >= 11 is 0. The van der Waals surface area contributed by atoms with Gasteiger partial charge < -0.3 is 20.4 Å². The highest BCUT2D eigenvalue weighted by molar-refractivity contribution is 5.88. The number of benzene rings is 4. The summed E-state index contributed by atoms with van der Waals surface area (Å²) < 4.78 is 0. The normalized spacial score (nSPS) is 20.1. The van der Waals surface area contributed by atoms with E-state index >= 15 is 0 Å². The first kappa shape index (κ1) is 59.0. The minimum Gasteiger partial charge on any atom is -0.507 e. The van der Waals surface area contributed by atoms with Crippen LogP contribution in [0.15, 0.2) is 68.5 Å². The van der Waals surface area contributed by atoms with Crippen molar-refractivity contribution in [3.05, 3.63) is 115 Å². The zero-order valence-corrected chi connectivity index (χ0v) is 50.0. The van der Waals surface area contributed by atoms with Gasteiger partial charge in [0.2, 0.25) is 0 Å². The molecule has 408 valence electrons. The van der Waals surface area contributed by atoms with Gasteiger partial charge in [0.05, 0.1) is 24.2 Å². The second-order valence-corrected chi connectivity index (χ2v) is 28.9. The fraction of sp³-hybridized carbons (Fsp3) is 0.582. The number of hydrogen-bond donors (Lipinski definition) is 4. The maximum atomic E-state index is 12.1. The topological polar surface area (TPSA) is 130 Å². The molecule has 0 aliphatic heterocycles. The quantitative estimate of drug-likeness (QED) is 0.118. The third-order valence-corrected chi connectivity index (χ3v) is 16.0. The van der Waals surface area contributed by atoms with Gasteiger partial charge in [0.1, 0.15) is 23.0 Å². The molecule has 0 spiro atoms. The van der Waals surface area contributed by atoms with Gasteiger partial charge in [-0.2, -0.15) is 0 Å². The fourth-order valence-corrected chi connectivity index (χ4v) is 10.6. The van der Waals surface area contributed by atoms with E-state index in [9.17, 15) is 20.4 Å². The van der Waals surface area contributed by atoms with Crippen LogP contribution in [0.5, 0.6) is 23.0 Å². The van der Waals surface area contributed by atoms with Gasteiger partial charge in [-0.1, -0.05) is 188 Å². The number of aliphatic imine (C=N–C) groups is 4. The summed E-state index contributed by atoms with van der Waals surface area (Å²) in [4.78, 5) is 20.8. The second-order valence-electron chi connectivity index (χ2n) is 28.9. The van der Waals surface area contributed by atoms with Crippen LogP contribution >= 0.6 is 0 Å². The Kier molecular flexibility index (Phi) is 17.0. The zero-order valence-electron chi connectivity index (χ0n) is 50.0. The van der Waals surface area contributed by atoms with E-state index in [0.29, 0.717) is 11.1 Å². The molecule has 4 N–H and O–H groups in total. The largest absolute Gasteiger partial charge is 0.507 e. The number of phenols is 4. The van der Waals surface area contributed by atoms with Crippen molar-refractivity contribution in [2.45, 2.75) is 252 Å². The second kappa shape index (κ2) is 21.6. The van der Waals surface area contributed by atoms with Crippen molar-refractivity contribution in [3.63, 3.8) is 0 Å². The van der Waals surface area contributed by atoms with E-state index in [1.54, 1.807) is 0 Å². The Bertz CT molecular complexity index is 2630. The number of aromatic hydroxyl groups is 4. The fourth-order valence-electron chi connectivity index (χ4n) is 10.6. The predicted octanol–water partition coefficient (Wildman–Crippen LogP) is 16.3. The van der Waals surface area contributed by atoms with Crippen LogP contribution in [0.25, 0.3) is 0 Å². The highest BCUT2D eigenvalue weighted by Gasteiger charge is 2.34. The van der Waals surface area contributed by atoms with Crippen LogP contribution in [0, 0.1) is 0 Å². The van der Waals surface area contributed by atoms with Crippen molar-refractivity contribution in [2.75, 3.05) is 0 Å². The molecule has 2 aliphatic carbocycles. The van der Waals surface area contributed by atoms with Crippen LogP contribution in [-0.2, 0) is 37.9 Å². The number of hydrogen-bond acceptors (Lipinski definition) is 8. The first-order valence-corrected chi connectivity index (χ1v) is 28.0. The van der Waals surface area contributed by atoms with Crippen molar-refractivity contribution >= 4 is 24.9 Å². The Balaban J connectivity index is 1.37. The Morgan fingerprint density at radius 1 is 0.307 bits per heavy atom. The van der Waals surface area contributed by atoms with Gasteiger partial charge in [0.15, 0.2) is 0 Å². The van der Waals surface area contributed by atoms with Gasteiger partial charge in [0.25, 0.3) is 0 Å². The standard InChI is InChI=1S/C67H96N4O4/c1-61(2,3)45-29-41(57(72)49(33-45)63(7,8)9)37-68-53-25-21-23-27-55(53)70-39-43-31-47(35-51(59(43)74)65(13,14)15)67(19,20)48-32-44(60(75)52(36-48)66(16,17)18)40-71-56-28-24-22-26-54(56)69-38-42-30-46(62(4,5)6)34-50(58(42)73)64(10,11)12/h29-40,53-56,72-75H,21-28H2,1-20H3/t53-,54-,55-,56-/m1/s1. The Morgan fingerprint density at radius 2 is 0.507 bits per heavy atom. The molecule has 0 bridgehead atoms. The summed E-state index contributed by atoms with van der Waals surface area (Å²) in [5, 5.41) is 47.3. The summed E-state index contributed by atoms with van der Waals surface area (Å²) in [7, 11) is 0. The van der Waals surface area contributed by atoms with E-state index in [1.165, 1.54) is 0 Å². The van der Waals surface area contributed by atoms with Crippen LogP contribution in [0.4, 0.5) is 0 Å². The first-order chi connectivity index (χ1) is 34.4. The summed E-state index contributed by atoms with van der Waals surface area (Å²) in [6.07, 6.45) is 15.2. The number of rotatable bonds is 10. The van der Waals surface area contributed by atoms with Crippen molar-refractivity contribution in [2.24, 2.45) is 20.0 Å². The summed E-state index contributed by atoms with van der Waals surface area (Å²) in [6, 6.07) is 16.6. The van der Waals surface area contributed by atoms with Gasteiger partial charge in [-0.05, 0) is 105 Å². The number of nitrogens with zero attached hydrogens (tertiary/aromatic N) is 4. The molecule has 2 saturated carbocycles. The number of phenolic OH excluding ortho intramolecular Hbond substituents is 4. The van der Waals surface area contributed by atoms with Crippen molar-refractivity contribution < 1.29 is 20.4 Å². The van der Waals surface area contributed by atoms with Crippen molar-refractivity contribution in [1.82, 2.24) is 0 Å². The Morgan fingerprint density at radius 3 is 0.707 bits per heavy atom. The van der Waals surface area contributed by atoms with Crippen molar-refractivity contribution in [3.8, 4) is 23.0 Å². The van der Waals surface area contributed by atoms with Crippen LogP contribution < -0.4 is 0 Å². The van der Waals surface area contributed by atoms with Crippen LogP contribution in [0.2, 0.25) is 0 Å². The Labute approximate surface area is 453 Å². The molecule has 6 rings (SSSR count). The maximum absolute atomic E-state index is 12.1. The molecular formula is C67H96N4O4. The average molecular weight is 1020 g/mol. The molecular weight excluding hydrogens is 925 g/mol. The van der Waals surface area contributed by atoms with Gasteiger partial charge in [-0.25, -0.2) is 0 Å². The minimum absolute atomic E-state index is 0.0706. The molecule has 0 amide bonds. The molecule has 8 heteroatoms. The summed E-state index contributed by atoms with van der Waals surface area (Å²) in [5.41, 5.74) is 8.67. The van der Waals surface area contributed by atoms with Gasteiger partial charge in [0, 0.05) is 74.8 Å². The van der Waals surface area contributed by atoms with E-state index in [0.717, 1.165) is 107 Å². The van der Waals surface area contributed by atoms with Gasteiger partial charge >= 0.3 is 0 Å². The van der Waals surface area contributed by atoms with Crippen LogP contribution in [0.1, 0.15) is 257 Å². The Hall–Kier alpha value is -5.24. The molecule has 4 atom stereocenters. The smallest absolute Gasteiger partial charge is 0.128 e. The van der Waals surface area contributed by atoms with E-state index in [2.05, 4.69) is 187 Å². The molecule has 2 fully saturated rings. The zero-order chi connectivity index (χ0) is 56.0. The van der Waals surface area contributed by atoms with E-state index < -0.39 is 5.41 Å². The molecule has 0 heterocycles. The molecule has 4 aromatic rings. The van der Waals surface area contributed by atoms with Gasteiger partial charge in [-0.3, -0.25) is 20.0 Å². The monoisotopic (exact) mass is 1020 g/mol. The third kappa shape index (κ3) is 13.8. The average Bonchev–Trinajstić information content (AvgIpc) is 3.28. The maximum Gasteiger partial charge on any atom is 0.128 e. The molecule has 0 radical (unpaired) electrons. The van der Waals surface area contributed by atoms with E-state index in [4.69, 9.17) is 20.0 Å². The van der Waals surface area contributed by atoms with E-state index in [-0.39, 0.29) is 79.7 Å². The molecule has 4 aromatic carbocycles. The predicted molar refractivity (Wildman–Crippen MR) is 319 cm³/mol. The first-order valence-electron chi connectivity index (χ1n) is 28.0. The van der Waals surface area contributed by atoms with Crippen LogP contribution in [-0.4, -0.2) is 69.5 Å². The lowest BCUT2D eigenvalue weighted by Gasteiger charge is -2.32. The lowest BCUT2D eigenvalue weighted by molar-refractivity contribution is 0.389. The lowest BCUT2D eigenvalue weighted by atomic mass is 9.72. The summed E-state index contributed by atoms with van der Waals surface area (Å²) in [5.74, 6) is 1.02. The van der Waals surface area contributed by atoms with Gasteiger partial charge in [-0.15, -0.1) is 0 Å². The van der Waals surface area contributed by atoms with Crippen LogP contribution in [0.3, 0.4) is 0 Å². The molecule has 0 unspecified atom stereocenters. The molecule has 0 saturated heterocycles. The highest BCUT2D eigenvalue weighted by Crippen LogP contribution is 2.44. The lowest BCUT2D eigenvalue weighted by Crippen LogP contribution is -2.27.